The molecular weight excluding hydrogens is 512 g/mol. The van der Waals surface area contributed by atoms with Gasteiger partial charge in [-0.1, -0.05) is 120 Å². The minimum atomic E-state index is -0.488. The lowest BCUT2D eigenvalue weighted by Gasteiger charge is -2.28. The molecule has 0 atom stereocenters. The fourth-order valence-corrected chi connectivity index (χ4v) is 4.70. The molecule has 0 aliphatic heterocycles. The maximum absolute atomic E-state index is 12.3. The van der Waals surface area contributed by atoms with Gasteiger partial charge >= 0.3 is 0 Å². The van der Waals surface area contributed by atoms with Crippen LogP contribution in [0, 0.1) is 10.8 Å². The number of ketones is 2. The number of rotatable bonds is 10. The van der Waals surface area contributed by atoms with Crippen molar-refractivity contribution in [3.8, 4) is 0 Å². The topological polar surface area (TPSA) is 34.1 Å². The van der Waals surface area contributed by atoms with Crippen molar-refractivity contribution < 1.29 is 9.59 Å². The number of carbonyl (C=O) groups is 2. The second-order valence-corrected chi connectivity index (χ2v) is 12.3. The van der Waals surface area contributed by atoms with Gasteiger partial charge in [-0.3, -0.25) is 9.59 Å². The molecule has 0 fully saturated rings. The monoisotopic (exact) mass is 560 g/mol. The summed E-state index contributed by atoms with van der Waals surface area (Å²) in [4.78, 5) is 24.5. The number of allylic oxidation sites excluding steroid dienone is 26. The lowest BCUT2D eigenvalue weighted by molar-refractivity contribution is -0.121. The summed E-state index contributed by atoms with van der Waals surface area (Å²) in [6.45, 7) is 20.3. The van der Waals surface area contributed by atoms with Gasteiger partial charge in [0.15, 0.2) is 11.6 Å². The van der Waals surface area contributed by atoms with Crippen LogP contribution in [0.4, 0.5) is 0 Å². The number of hydrogen-bond donors (Lipinski definition) is 0. The highest BCUT2D eigenvalue weighted by atomic mass is 16.1. The minimum Gasteiger partial charge on any atom is -0.294 e. The molecule has 0 spiro atoms. The molecule has 0 aromatic heterocycles. The molecule has 0 saturated carbocycles. The molecule has 220 valence electrons. The first-order chi connectivity index (χ1) is 19.7. The molecule has 42 heavy (non-hydrogen) atoms. The summed E-state index contributed by atoms with van der Waals surface area (Å²) in [5.74, 6) is 0.287. The van der Waals surface area contributed by atoms with Gasteiger partial charge in [-0.05, 0) is 104 Å². The molecule has 2 rings (SSSR count). The summed E-state index contributed by atoms with van der Waals surface area (Å²) in [6.07, 6.45) is 36.1. The van der Waals surface area contributed by atoms with E-state index in [1.54, 1.807) is 12.2 Å². The van der Waals surface area contributed by atoms with E-state index in [4.69, 9.17) is 0 Å². The number of hydrogen-bond acceptors (Lipinski definition) is 2. The van der Waals surface area contributed by atoms with Crippen LogP contribution < -0.4 is 0 Å². The minimum absolute atomic E-state index is 0.143. The van der Waals surface area contributed by atoms with E-state index in [9.17, 15) is 9.59 Å². The zero-order valence-corrected chi connectivity index (χ0v) is 27.2. The molecule has 0 aromatic carbocycles. The molecule has 0 bridgehead atoms. The van der Waals surface area contributed by atoms with Crippen molar-refractivity contribution in [1.82, 2.24) is 0 Å². The van der Waals surface area contributed by atoms with Crippen molar-refractivity contribution in [3.05, 3.63) is 154 Å². The quantitative estimate of drug-likeness (QED) is 0.249. The summed E-state index contributed by atoms with van der Waals surface area (Å²) >= 11 is 0. The summed E-state index contributed by atoms with van der Waals surface area (Å²) in [6, 6.07) is 0. The number of carbonyl (C=O) groups excluding carboxylic acids is 2. The van der Waals surface area contributed by atoms with Crippen LogP contribution in [-0.2, 0) is 9.59 Å². The highest BCUT2D eigenvalue weighted by molar-refractivity contribution is 5.99. The standard InChI is InChI=1S/C40H48O2/c1-29(17-13-19-31(3)21-25-35-33(5)23-27-37(41)39(35,7)8)15-11-12-16-30(2)18-14-20-32(4)22-26-36-34(6)24-28-38(42)40(36,9)10/h11-28H,1-10H3/b12-11+,17-13+,18-14?,25-21+,26-22?,29-15+,30-16?,31-19+,32-20?. The molecule has 0 N–H and O–H groups in total. The van der Waals surface area contributed by atoms with E-state index >= 15 is 0 Å². The van der Waals surface area contributed by atoms with Crippen LogP contribution >= 0.6 is 0 Å². The Morgan fingerprint density at radius 3 is 1.17 bits per heavy atom. The average molecular weight is 561 g/mol. The van der Waals surface area contributed by atoms with Gasteiger partial charge in [0.25, 0.3) is 0 Å². The Bertz CT molecular complexity index is 1360. The van der Waals surface area contributed by atoms with Gasteiger partial charge in [-0.2, -0.15) is 0 Å². The van der Waals surface area contributed by atoms with E-state index in [1.807, 2.05) is 64.2 Å². The first-order valence-electron chi connectivity index (χ1n) is 14.6. The largest absolute Gasteiger partial charge is 0.294 e. The predicted molar refractivity (Wildman–Crippen MR) is 182 cm³/mol. The van der Waals surface area contributed by atoms with Gasteiger partial charge in [0.2, 0.25) is 0 Å². The first-order valence-corrected chi connectivity index (χ1v) is 14.6. The van der Waals surface area contributed by atoms with Crippen LogP contribution in [0.25, 0.3) is 0 Å². The third-order valence-corrected chi connectivity index (χ3v) is 7.69. The van der Waals surface area contributed by atoms with Crippen LogP contribution in [0.15, 0.2) is 154 Å². The van der Waals surface area contributed by atoms with E-state index < -0.39 is 10.8 Å². The molecule has 0 amide bonds. The fourth-order valence-electron chi connectivity index (χ4n) is 4.70. The summed E-state index contributed by atoms with van der Waals surface area (Å²) in [5.41, 5.74) is 7.96. The molecule has 0 heterocycles. The van der Waals surface area contributed by atoms with Gasteiger partial charge in [-0.25, -0.2) is 0 Å². The zero-order chi connectivity index (χ0) is 31.5. The predicted octanol–water partition coefficient (Wildman–Crippen LogP) is 10.5. The Labute approximate surface area is 254 Å². The molecule has 2 nitrogen and oxygen atoms in total. The van der Waals surface area contributed by atoms with Crippen molar-refractivity contribution in [2.45, 2.75) is 69.2 Å². The Kier molecular flexibility index (Phi) is 12.4. The van der Waals surface area contributed by atoms with Crippen molar-refractivity contribution in [3.63, 3.8) is 0 Å². The van der Waals surface area contributed by atoms with Crippen LogP contribution in [0.3, 0.4) is 0 Å². The van der Waals surface area contributed by atoms with Gasteiger partial charge in [0, 0.05) is 0 Å². The van der Waals surface area contributed by atoms with E-state index in [1.165, 1.54) is 0 Å². The van der Waals surface area contributed by atoms with Crippen LogP contribution in [0.5, 0.6) is 0 Å². The van der Waals surface area contributed by atoms with Gasteiger partial charge in [0.05, 0.1) is 10.8 Å². The lowest BCUT2D eigenvalue weighted by Crippen LogP contribution is -2.27. The van der Waals surface area contributed by atoms with Crippen molar-refractivity contribution in [2.75, 3.05) is 0 Å². The van der Waals surface area contributed by atoms with Crippen molar-refractivity contribution in [1.29, 1.82) is 0 Å². The van der Waals surface area contributed by atoms with Gasteiger partial charge in [0.1, 0.15) is 0 Å². The molecule has 0 aromatic rings. The highest BCUT2D eigenvalue weighted by Gasteiger charge is 2.32. The molecule has 2 aliphatic carbocycles. The molecule has 0 saturated heterocycles. The van der Waals surface area contributed by atoms with E-state index in [-0.39, 0.29) is 11.6 Å². The highest BCUT2D eigenvalue weighted by Crippen LogP contribution is 2.36. The van der Waals surface area contributed by atoms with Crippen LogP contribution in [-0.4, -0.2) is 11.6 Å². The Morgan fingerprint density at radius 1 is 0.500 bits per heavy atom. The fraction of sp³-hybridized carbons (Fsp3) is 0.300. The molecule has 2 heteroatoms. The normalized spacial score (nSPS) is 20.8. The third kappa shape index (κ3) is 9.80. The SMILES string of the molecule is CC(C=CC1=C(C)C=CC(=O)C1(C)C)=CC=CC(C)=C/C=C/C=C(C)/C=C/C=C(C)/C=C/C1=C(C)C=CC(=O)C1(C)C. The Morgan fingerprint density at radius 2 is 0.810 bits per heavy atom. The maximum Gasteiger partial charge on any atom is 0.165 e. The summed E-state index contributed by atoms with van der Waals surface area (Å²) in [7, 11) is 0. The van der Waals surface area contributed by atoms with E-state index in [2.05, 4.69) is 102 Å². The Balaban J connectivity index is 1.93. The summed E-state index contributed by atoms with van der Waals surface area (Å²) in [5, 5.41) is 0. The van der Waals surface area contributed by atoms with Crippen molar-refractivity contribution >= 4 is 11.6 Å². The zero-order valence-electron chi connectivity index (χ0n) is 27.2. The molecule has 0 unspecified atom stereocenters. The van der Waals surface area contributed by atoms with E-state index in [0.29, 0.717) is 0 Å². The molecule has 0 radical (unpaired) electrons. The smallest absolute Gasteiger partial charge is 0.165 e. The second kappa shape index (κ2) is 15.3. The maximum atomic E-state index is 12.3. The third-order valence-electron chi connectivity index (χ3n) is 7.69. The van der Waals surface area contributed by atoms with Crippen LogP contribution in [0.2, 0.25) is 0 Å². The second-order valence-electron chi connectivity index (χ2n) is 12.3. The van der Waals surface area contributed by atoms with Crippen LogP contribution in [0.1, 0.15) is 69.2 Å². The van der Waals surface area contributed by atoms with Gasteiger partial charge < -0.3 is 0 Å². The molecular formula is C40H48O2. The van der Waals surface area contributed by atoms with Gasteiger partial charge in [-0.15, -0.1) is 0 Å². The first kappa shape index (κ1) is 34.2. The lowest BCUT2D eigenvalue weighted by atomic mass is 9.74. The summed E-state index contributed by atoms with van der Waals surface area (Å²) < 4.78 is 0. The average Bonchev–Trinajstić information content (AvgIpc) is 2.91. The van der Waals surface area contributed by atoms with E-state index in [0.717, 1.165) is 44.6 Å². The Hall–Kier alpha value is -4.04. The molecule has 2 aliphatic rings. The van der Waals surface area contributed by atoms with Crippen molar-refractivity contribution in [2.24, 2.45) is 10.8 Å².